The molecule has 35 heavy (non-hydrogen) atoms. The number of rotatable bonds is 6. The Kier molecular flexibility index (Phi) is 6.03. The van der Waals surface area contributed by atoms with E-state index in [0.29, 0.717) is 33.3 Å². The van der Waals surface area contributed by atoms with Crippen LogP contribution in [0.2, 0.25) is 0 Å². The molecular weight excluding hydrogens is 452 g/mol. The molecule has 3 aromatic heterocycles. The van der Waals surface area contributed by atoms with Gasteiger partial charge in [0.25, 0.3) is 5.91 Å². The molecule has 0 saturated heterocycles. The largest absolute Gasteiger partial charge is 0.433 e. The van der Waals surface area contributed by atoms with Crippen LogP contribution in [0.25, 0.3) is 44.6 Å². The topological polar surface area (TPSA) is 88.2 Å². The molecule has 0 bridgehead atoms. The van der Waals surface area contributed by atoms with Crippen LogP contribution >= 0.6 is 0 Å². The number of aliphatic hydroxyl groups is 1. The fourth-order valence-electron chi connectivity index (χ4n) is 3.96. The summed E-state index contributed by atoms with van der Waals surface area (Å²) in [6.45, 7) is -0.150. The van der Waals surface area contributed by atoms with Gasteiger partial charge in [-0.05, 0) is 65.7 Å². The number of nitrogens with one attached hydrogen (secondary N) is 1. The molecule has 5 rings (SSSR count). The van der Waals surface area contributed by atoms with Crippen LogP contribution < -0.4 is 5.32 Å². The number of hydrogen-bond acceptors (Lipinski definition) is 5. The first kappa shape index (κ1) is 22.4. The number of pyridine rings is 2. The first-order chi connectivity index (χ1) is 17.0. The second-order valence-electron chi connectivity index (χ2n) is 7.77. The molecule has 0 unspecified atom stereocenters. The smallest absolute Gasteiger partial charge is 0.287 e. The van der Waals surface area contributed by atoms with Crippen molar-refractivity contribution in [2.24, 2.45) is 0 Å². The number of furan rings is 1. The average molecular weight is 471 g/mol. The minimum absolute atomic E-state index is 0.0150. The minimum Gasteiger partial charge on any atom is -0.433 e. The highest BCUT2D eigenvalue weighted by molar-refractivity contribution is 6.08. The van der Waals surface area contributed by atoms with Gasteiger partial charge in [0.15, 0.2) is 5.76 Å². The highest BCUT2D eigenvalue weighted by atomic mass is 19.1. The third-order valence-corrected chi connectivity index (χ3v) is 5.52. The number of carbonyl (C=O) groups excluding carboxylic acids is 1. The van der Waals surface area contributed by atoms with E-state index in [1.54, 1.807) is 42.7 Å². The SMILES string of the molecule is O=C(NCCO)c1cc2c(-c3ccc(F)cc3)c(-c3ccncc3)c(-c3ccc(F)cc3)nc2o1. The summed E-state index contributed by atoms with van der Waals surface area (Å²) >= 11 is 0. The maximum Gasteiger partial charge on any atom is 0.287 e. The van der Waals surface area contributed by atoms with E-state index in [-0.39, 0.29) is 36.3 Å². The number of amides is 1. The number of halogens is 2. The van der Waals surface area contributed by atoms with Gasteiger partial charge in [0.1, 0.15) is 11.6 Å². The van der Waals surface area contributed by atoms with E-state index >= 15 is 0 Å². The Bertz CT molecular complexity index is 1500. The zero-order chi connectivity index (χ0) is 24.4. The van der Waals surface area contributed by atoms with Gasteiger partial charge in [0.2, 0.25) is 5.71 Å². The van der Waals surface area contributed by atoms with E-state index in [1.165, 1.54) is 24.3 Å². The molecule has 8 heteroatoms. The average Bonchev–Trinajstić information content (AvgIpc) is 3.32. The van der Waals surface area contributed by atoms with Crippen molar-refractivity contribution in [2.75, 3.05) is 13.2 Å². The quantitative estimate of drug-likeness (QED) is 0.354. The normalized spacial score (nSPS) is 11.1. The number of nitrogens with zero attached hydrogens (tertiary/aromatic N) is 2. The number of carbonyl (C=O) groups is 1. The van der Waals surface area contributed by atoms with E-state index in [4.69, 9.17) is 14.5 Å². The van der Waals surface area contributed by atoms with Crippen LogP contribution in [0.3, 0.4) is 0 Å². The standard InChI is InChI=1S/C27H19F2N3O3/c28-19-5-1-16(2-6-19)23-21-15-22(26(34)31-13-14-33)35-27(21)32-25(18-3-7-20(29)8-4-18)24(23)17-9-11-30-12-10-17/h1-12,15,33H,13-14H2,(H,31,34). The number of benzene rings is 2. The lowest BCUT2D eigenvalue weighted by molar-refractivity contribution is 0.0919. The van der Waals surface area contributed by atoms with Gasteiger partial charge in [0.05, 0.1) is 12.3 Å². The molecule has 6 nitrogen and oxygen atoms in total. The van der Waals surface area contributed by atoms with E-state index in [0.717, 1.165) is 5.56 Å². The fourth-order valence-corrected chi connectivity index (χ4v) is 3.96. The van der Waals surface area contributed by atoms with Gasteiger partial charge in [0, 0.05) is 41.0 Å². The van der Waals surface area contributed by atoms with E-state index < -0.39 is 5.91 Å². The predicted octanol–water partition coefficient (Wildman–Crippen LogP) is 5.22. The van der Waals surface area contributed by atoms with Gasteiger partial charge < -0.3 is 14.8 Å². The Labute approximate surface area is 198 Å². The van der Waals surface area contributed by atoms with Crippen molar-refractivity contribution < 1.29 is 23.1 Å². The van der Waals surface area contributed by atoms with Gasteiger partial charge in [-0.3, -0.25) is 9.78 Å². The molecule has 0 aliphatic rings. The van der Waals surface area contributed by atoms with Gasteiger partial charge >= 0.3 is 0 Å². The first-order valence-corrected chi connectivity index (χ1v) is 10.8. The lowest BCUT2D eigenvalue weighted by Crippen LogP contribution is -2.25. The molecule has 2 N–H and O–H groups in total. The molecule has 2 aromatic carbocycles. The summed E-state index contributed by atoms with van der Waals surface area (Å²) in [5.41, 5.74) is 4.14. The molecule has 0 aliphatic carbocycles. The van der Waals surface area contributed by atoms with Crippen molar-refractivity contribution in [1.82, 2.24) is 15.3 Å². The monoisotopic (exact) mass is 471 g/mol. The summed E-state index contributed by atoms with van der Waals surface area (Å²) < 4.78 is 33.3. The second kappa shape index (κ2) is 9.44. The summed E-state index contributed by atoms with van der Waals surface area (Å²) in [5.74, 6) is -1.27. The molecule has 0 radical (unpaired) electrons. The van der Waals surface area contributed by atoms with Crippen LogP contribution in [0.1, 0.15) is 10.6 Å². The number of hydrogen-bond donors (Lipinski definition) is 2. The Hall–Kier alpha value is -4.43. The highest BCUT2D eigenvalue weighted by Crippen LogP contribution is 2.44. The summed E-state index contributed by atoms with van der Waals surface area (Å²) in [6, 6.07) is 17.1. The maximum absolute atomic E-state index is 13.8. The number of aromatic nitrogens is 2. The third-order valence-electron chi connectivity index (χ3n) is 5.52. The Morgan fingerprint density at radius 3 is 2.09 bits per heavy atom. The lowest BCUT2D eigenvalue weighted by atomic mass is 9.89. The first-order valence-electron chi connectivity index (χ1n) is 10.8. The summed E-state index contributed by atoms with van der Waals surface area (Å²) in [6.07, 6.45) is 3.29. The lowest BCUT2D eigenvalue weighted by Gasteiger charge is -2.16. The van der Waals surface area contributed by atoms with Crippen LogP contribution in [0, 0.1) is 11.6 Å². The van der Waals surface area contributed by atoms with Gasteiger partial charge in [-0.1, -0.05) is 12.1 Å². The van der Waals surface area contributed by atoms with Crippen LogP contribution in [0.5, 0.6) is 0 Å². The predicted molar refractivity (Wildman–Crippen MR) is 127 cm³/mol. The molecule has 1 amide bonds. The summed E-state index contributed by atoms with van der Waals surface area (Å²) in [5, 5.41) is 12.2. The van der Waals surface area contributed by atoms with Crippen LogP contribution in [-0.4, -0.2) is 34.1 Å². The highest BCUT2D eigenvalue weighted by Gasteiger charge is 2.24. The Balaban J connectivity index is 1.86. The van der Waals surface area contributed by atoms with Gasteiger partial charge in [-0.2, -0.15) is 0 Å². The molecule has 0 atom stereocenters. The second-order valence-corrected chi connectivity index (χ2v) is 7.77. The maximum atomic E-state index is 13.8. The molecule has 0 spiro atoms. The van der Waals surface area contributed by atoms with Crippen molar-refractivity contribution in [2.45, 2.75) is 0 Å². The molecule has 3 heterocycles. The van der Waals surface area contributed by atoms with Crippen molar-refractivity contribution in [3.8, 4) is 33.5 Å². The van der Waals surface area contributed by atoms with Crippen LogP contribution in [0.4, 0.5) is 8.78 Å². The van der Waals surface area contributed by atoms with E-state index in [9.17, 15) is 13.6 Å². The summed E-state index contributed by atoms with van der Waals surface area (Å²) in [4.78, 5) is 21.4. The molecule has 174 valence electrons. The number of fused-ring (bicyclic) bond motifs is 1. The third kappa shape index (κ3) is 4.39. The Morgan fingerprint density at radius 2 is 1.46 bits per heavy atom. The zero-order valence-corrected chi connectivity index (χ0v) is 18.3. The Morgan fingerprint density at radius 1 is 0.857 bits per heavy atom. The van der Waals surface area contributed by atoms with Crippen LogP contribution in [-0.2, 0) is 0 Å². The molecule has 0 saturated carbocycles. The van der Waals surface area contributed by atoms with Crippen molar-refractivity contribution in [3.63, 3.8) is 0 Å². The fraction of sp³-hybridized carbons (Fsp3) is 0.0741. The molecule has 0 aliphatic heterocycles. The zero-order valence-electron chi connectivity index (χ0n) is 18.3. The van der Waals surface area contributed by atoms with Gasteiger partial charge in [-0.25, -0.2) is 13.8 Å². The van der Waals surface area contributed by atoms with E-state index in [1.807, 2.05) is 12.1 Å². The molecule has 5 aromatic rings. The summed E-state index contributed by atoms with van der Waals surface area (Å²) in [7, 11) is 0. The molecule has 0 fully saturated rings. The van der Waals surface area contributed by atoms with E-state index in [2.05, 4.69) is 10.3 Å². The van der Waals surface area contributed by atoms with Gasteiger partial charge in [-0.15, -0.1) is 0 Å². The minimum atomic E-state index is -0.504. The van der Waals surface area contributed by atoms with Crippen LogP contribution in [0.15, 0.2) is 83.5 Å². The molecular formula is C27H19F2N3O3. The van der Waals surface area contributed by atoms with Crippen molar-refractivity contribution in [3.05, 3.63) is 96.5 Å². The van der Waals surface area contributed by atoms with Crippen molar-refractivity contribution >= 4 is 17.0 Å². The number of aliphatic hydroxyl groups excluding tert-OH is 1. The van der Waals surface area contributed by atoms with Crippen molar-refractivity contribution in [1.29, 1.82) is 0 Å².